The Morgan fingerprint density at radius 2 is 1.81 bits per heavy atom. The molecular formula is C23H18N2O4S2. The molecule has 3 aromatic rings. The summed E-state index contributed by atoms with van der Waals surface area (Å²) in [5.74, 6) is 5.22. The van der Waals surface area contributed by atoms with Crippen molar-refractivity contribution in [3.05, 3.63) is 82.2 Å². The number of thiophene rings is 1. The minimum Gasteiger partial charge on any atom is -0.478 e. The smallest absolute Gasteiger partial charge is 0.337 e. The molecule has 0 spiro atoms. The highest BCUT2D eigenvalue weighted by Crippen LogP contribution is 2.38. The van der Waals surface area contributed by atoms with E-state index < -0.39 is 17.0 Å². The summed E-state index contributed by atoms with van der Waals surface area (Å²) in [7, 11) is -0.0220. The Morgan fingerprint density at radius 3 is 2.48 bits per heavy atom. The molecule has 8 heteroatoms. The number of rotatable bonds is 4. The first kappa shape index (κ1) is 20.8. The molecular weight excluding hydrogens is 432 g/mol. The molecule has 156 valence electrons. The minimum absolute atomic E-state index is 0.111. The average molecular weight is 451 g/mol. The van der Waals surface area contributed by atoms with Gasteiger partial charge in [-0.3, -0.25) is 4.90 Å². The van der Waals surface area contributed by atoms with Crippen LogP contribution < -0.4 is 4.90 Å². The second kappa shape index (κ2) is 8.76. The zero-order chi connectivity index (χ0) is 22.0. The van der Waals surface area contributed by atoms with Gasteiger partial charge in [-0.25, -0.2) is 18.1 Å². The monoisotopic (exact) mass is 450 g/mol. The quantitative estimate of drug-likeness (QED) is 0.606. The summed E-state index contributed by atoms with van der Waals surface area (Å²) in [6, 6.07) is 17.5. The summed E-state index contributed by atoms with van der Waals surface area (Å²) in [5, 5.41) is 9.65. The lowest BCUT2D eigenvalue weighted by Crippen LogP contribution is -2.45. The molecule has 1 N–H and O–H groups in total. The van der Waals surface area contributed by atoms with E-state index in [1.165, 1.54) is 32.7 Å². The molecule has 1 aliphatic heterocycles. The van der Waals surface area contributed by atoms with Crippen LogP contribution in [0.4, 0.5) is 9.80 Å². The van der Waals surface area contributed by atoms with Crippen molar-refractivity contribution >= 4 is 39.3 Å². The summed E-state index contributed by atoms with van der Waals surface area (Å²) in [5.41, 5.74) is 1.97. The van der Waals surface area contributed by atoms with Crippen LogP contribution in [-0.2, 0) is 24.0 Å². The molecule has 0 fully saturated rings. The second-order valence-corrected chi connectivity index (χ2v) is 9.28. The maximum absolute atomic E-state index is 13.1. The van der Waals surface area contributed by atoms with E-state index in [9.17, 15) is 13.8 Å². The third-order valence-electron chi connectivity index (χ3n) is 4.75. The van der Waals surface area contributed by atoms with Crippen LogP contribution in [0.2, 0.25) is 0 Å². The molecule has 0 saturated heterocycles. The van der Waals surface area contributed by atoms with Gasteiger partial charge in [0, 0.05) is 13.5 Å². The lowest BCUT2D eigenvalue weighted by molar-refractivity contribution is 0.0697. The largest absolute Gasteiger partial charge is 0.478 e. The summed E-state index contributed by atoms with van der Waals surface area (Å²) in [6.45, 7) is 0.111. The SMILES string of the molecule is CN1C(=O)N(Cc2ccc(C(=O)O)cc2)S(=O)c2cc(C#CCc3ccccc3)sc21. The Bertz CT molecular complexity index is 1220. The zero-order valence-electron chi connectivity index (χ0n) is 16.6. The Hall–Kier alpha value is -3.41. The summed E-state index contributed by atoms with van der Waals surface area (Å²) < 4.78 is 14.4. The Morgan fingerprint density at radius 1 is 1.10 bits per heavy atom. The predicted molar refractivity (Wildman–Crippen MR) is 120 cm³/mol. The fourth-order valence-electron chi connectivity index (χ4n) is 3.10. The molecule has 1 atom stereocenters. The molecule has 1 aromatic heterocycles. The van der Waals surface area contributed by atoms with Crippen molar-refractivity contribution in [1.29, 1.82) is 0 Å². The molecule has 2 heterocycles. The fraction of sp³-hybridized carbons (Fsp3) is 0.130. The standard InChI is InChI=1S/C23H18N2O4S2/c1-24-21-20(14-19(30-21)9-5-8-16-6-3-2-4-7-16)31(29)25(23(24)28)15-17-10-12-18(13-11-17)22(26)27/h2-4,6-7,10-14H,8,15H2,1H3,(H,26,27). The van der Waals surface area contributed by atoms with Crippen LogP contribution >= 0.6 is 11.3 Å². The lowest BCUT2D eigenvalue weighted by Gasteiger charge is -2.31. The number of aromatic carboxylic acids is 1. The van der Waals surface area contributed by atoms with Crippen molar-refractivity contribution in [2.75, 3.05) is 11.9 Å². The van der Waals surface area contributed by atoms with Gasteiger partial charge in [-0.15, -0.1) is 11.3 Å². The van der Waals surface area contributed by atoms with E-state index >= 15 is 0 Å². The highest BCUT2D eigenvalue weighted by atomic mass is 32.2. The third-order valence-corrected chi connectivity index (χ3v) is 7.38. The highest BCUT2D eigenvalue weighted by Gasteiger charge is 2.36. The van der Waals surface area contributed by atoms with Gasteiger partial charge in [-0.1, -0.05) is 54.3 Å². The number of fused-ring (bicyclic) bond motifs is 1. The molecule has 0 saturated carbocycles. The van der Waals surface area contributed by atoms with Crippen molar-refractivity contribution in [3.8, 4) is 11.8 Å². The van der Waals surface area contributed by atoms with Gasteiger partial charge in [0.05, 0.1) is 21.9 Å². The topological polar surface area (TPSA) is 77.9 Å². The van der Waals surface area contributed by atoms with E-state index in [0.29, 0.717) is 21.9 Å². The van der Waals surface area contributed by atoms with Crippen molar-refractivity contribution in [1.82, 2.24) is 4.31 Å². The van der Waals surface area contributed by atoms with Gasteiger partial charge < -0.3 is 5.11 Å². The van der Waals surface area contributed by atoms with E-state index in [4.69, 9.17) is 5.11 Å². The molecule has 1 unspecified atom stereocenters. The molecule has 2 amide bonds. The van der Waals surface area contributed by atoms with Crippen molar-refractivity contribution < 1.29 is 18.9 Å². The van der Waals surface area contributed by atoms with Crippen LogP contribution in [0.15, 0.2) is 65.6 Å². The third kappa shape index (κ3) is 4.38. The predicted octanol–water partition coefficient (Wildman–Crippen LogP) is 4.14. The Kier molecular flexibility index (Phi) is 5.89. The van der Waals surface area contributed by atoms with E-state index in [1.807, 2.05) is 30.3 Å². The van der Waals surface area contributed by atoms with Gasteiger partial charge in [0.15, 0.2) is 11.0 Å². The zero-order valence-corrected chi connectivity index (χ0v) is 18.2. The fourth-order valence-corrected chi connectivity index (χ4v) is 5.67. The number of hydrogen-bond donors (Lipinski definition) is 1. The summed E-state index contributed by atoms with van der Waals surface area (Å²) in [4.78, 5) is 26.6. The number of urea groups is 1. The van der Waals surface area contributed by atoms with Crippen LogP contribution in [0.25, 0.3) is 0 Å². The van der Waals surface area contributed by atoms with Crippen LogP contribution in [0.3, 0.4) is 0 Å². The molecule has 31 heavy (non-hydrogen) atoms. The molecule has 1 aliphatic rings. The lowest BCUT2D eigenvalue weighted by atomic mass is 10.1. The second-order valence-electron chi connectivity index (χ2n) is 6.87. The first-order valence-electron chi connectivity index (χ1n) is 9.40. The molecule has 4 rings (SSSR count). The van der Waals surface area contributed by atoms with Crippen molar-refractivity contribution in [2.45, 2.75) is 17.9 Å². The summed E-state index contributed by atoms with van der Waals surface area (Å²) in [6.07, 6.45) is 0.611. The van der Waals surface area contributed by atoms with Gasteiger partial charge in [-0.05, 0) is 29.3 Å². The van der Waals surface area contributed by atoms with Crippen LogP contribution in [0.1, 0.15) is 26.4 Å². The van der Waals surface area contributed by atoms with E-state index in [2.05, 4.69) is 11.8 Å². The maximum Gasteiger partial charge on any atom is 0.337 e. The Labute approximate surface area is 186 Å². The minimum atomic E-state index is -1.67. The number of carboxylic acid groups (broad SMARTS) is 1. The number of amides is 2. The number of carbonyl (C=O) groups is 2. The first-order valence-corrected chi connectivity index (χ1v) is 11.3. The number of anilines is 1. The number of benzene rings is 2. The number of nitrogens with zero attached hydrogens (tertiary/aromatic N) is 2. The average Bonchev–Trinajstić information content (AvgIpc) is 3.21. The van der Waals surface area contributed by atoms with Crippen molar-refractivity contribution in [3.63, 3.8) is 0 Å². The highest BCUT2D eigenvalue weighted by molar-refractivity contribution is 7.83. The van der Waals surface area contributed by atoms with E-state index in [-0.39, 0.29) is 18.1 Å². The number of carboxylic acids is 1. The van der Waals surface area contributed by atoms with Crippen LogP contribution in [0.5, 0.6) is 0 Å². The van der Waals surface area contributed by atoms with E-state index in [0.717, 1.165) is 10.4 Å². The van der Waals surface area contributed by atoms with Crippen LogP contribution in [0, 0.1) is 11.8 Å². The molecule has 0 bridgehead atoms. The van der Waals surface area contributed by atoms with Gasteiger partial charge in [0.25, 0.3) is 0 Å². The van der Waals surface area contributed by atoms with Gasteiger partial charge in [0.2, 0.25) is 0 Å². The summed E-state index contributed by atoms with van der Waals surface area (Å²) >= 11 is 1.35. The van der Waals surface area contributed by atoms with Gasteiger partial charge in [0.1, 0.15) is 5.00 Å². The number of hydrogen-bond acceptors (Lipinski definition) is 4. The molecule has 2 aromatic carbocycles. The number of carbonyl (C=O) groups excluding carboxylic acids is 1. The molecule has 6 nitrogen and oxygen atoms in total. The first-order chi connectivity index (χ1) is 14.9. The maximum atomic E-state index is 13.1. The van der Waals surface area contributed by atoms with E-state index in [1.54, 1.807) is 25.2 Å². The molecule has 0 radical (unpaired) electrons. The van der Waals surface area contributed by atoms with Crippen LogP contribution in [-0.4, -0.2) is 32.7 Å². The Balaban J connectivity index is 1.54. The van der Waals surface area contributed by atoms with Gasteiger partial charge >= 0.3 is 12.0 Å². The molecule has 0 aliphatic carbocycles. The normalized spacial score (nSPS) is 15.3. The van der Waals surface area contributed by atoms with Crippen molar-refractivity contribution in [2.24, 2.45) is 0 Å². The van der Waals surface area contributed by atoms with Gasteiger partial charge in [-0.2, -0.15) is 0 Å².